The molecule has 7 heteroatoms. The predicted molar refractivity (Wildman–Crippen MR) is 96.0 cm³/mol. The first kappa shape index (κ1) is 17.2. The van der Waals surface area contributed by atoms with E-state index in [1.165, 1.54) is 12.1 Å². The Kier molecular flexibility index (Phi) is 4.87. The molecule has 130 valence electrons. The Labute approximate surface area is 146 Å². The number of nitrogens with two attached hydrogens (primary N) is 1. The number of aryl methyl sites for hydroxylation is 1. The van der Waals surface area contributed by atoms with E-state index in [2.05, 4.69) is 4.98 Å². The molecule has 1 heterocycles. The van der Waals surface area contributed by atoms with Gasteiger partial charge in [0, 0.05) is 11.5 Å². The van der Waals surface area contributed by atoms with Crippen molar-refractivity contribution in [3.05, 3.63) is 60.2 Å². The molecule has 0 atom stereocenters. The van der Waals surface area contributed by atoms with E-state index >= 15 is 0 Å². The first-order valence-electron chi connectivity index (χ1n) is 7.70. The second-order valence-corrected chi connectivity index (χ2v) is 7.12. The highest BCUT2D eigenvalue weighted by Crippen LogP contribution is 2.26. The van der Waals surface area contributed by atoms with Gasteiger partial charge in [-0.25, -0.2) is 4.98 Å². The number of aromatic nitrogens is 1. The first-order chi connectivity index (χ1) is 12.0. The van der Waals surface area contributed by atoms with Crippen molar-refractivity contribution in [1.82, 2.24) is 4.98 Å². The number of para-hydroxylation sites is 1. The van der Waals surface area contributed by atoms with Crippen molar-refractivity contribution in [2.24, 2.45) is 0 Å². The molecule has 0 radical (unpaired) electrons. The summed E-state index contributed by atoms with van der Waals surface area (Å²) in [5, 5.41) is 0.804. The number of fused-ring (bicyclic) bond motifs is 1. The third-order valence-electron chi connectivity index (χ3n) is 3.59. The van der Waals surface area contributed by atoms with Crippen molar-refractivity contribution < 1.29 is 17.3 Å². The lowest BCUT2D eigenvalue weighted by molar-refractivity contribution is 0.222. The van der Waals surface area contributed by atoms with Gasteiger partial charge in [-0.1, -0.05) is 29.8 Å². The van der Waals surface area contributed by atoms with E-state index in [9.17, 15) is 8.42 Å². The predicted octanol–water partition coefficient (Wildman–Crippen LogP) is 2.91. The summed E-state index contributed by atoms with van der Waals surface area (Å²) in [6, 6.07) is 15.5. The van der Waals surface area contributed by atoms with Gasteiger partial charge in [-0.05, 0) is 31.2 Å². The molecule has 25 heavy (non-hydrogen) atoms. The number of rotatable bonds is 6. The number of benzene rings is 2. The molecule has 0 aliphatic rings. The van der Waals surface area contributed by atoms with Crippen LogP contribution < -0.4 is 10.5 Å². The summed E-state index contributed by atoms with van der Waals surface area (Å²) in [5.41, 5.74) is 7.46. The molecule has 2 aromatic carbocycles. The summed E-state index contributed by atoms with van der Waals surface area (Å²) < 4.78 is 34.9. The highest BCUT2D eigenvalue weighted by atomic mass is 32.2. The van der Waals surface area contributed by atoms with Gasteiger partial charge >= 0.3 is 0 Å². The summed E-state index contributed by atoms with van der Waals surface area (Å²) in [4.78, 5) is 4.34. The summed E-state index contributed by atoms with van der Waals surface area (Å²) in [5.74, 6) is 0.876. The van der Waals surface area contributed by atoms with Gasteiger partial charge in [0.25, 0.3) is 10.1 Å². The monoisotopic (exact) mass is 358 g/mol. The standard InChI is InChI=1S/C18H18N2O4S/c1-13-6-8-14(9-7-13)25(21,22)24-11-10-23-17-12-18(19)20-16-5-3-2-4-15(16)17/h2-9,12H,10-11H2,1H3,(H2,19,20). The Morgan fingerprint density at radius 1 is 1.04 bits per heavy atom. The van der Waals surface area contributed by atoms with Crippen LogP contribution in [0.5, 0.6) is 5.75 Å². The maximum absolute atomic E-state index is 12.1. The lowest BCUT2D eigenvalue weighted by atomic mass is 10.2. The molecular weight excluding hydrogens is 340 g/mol. The topological polar surface area (TPSA) is 91.5 Å². The summed E-state index contributed by atoms with van der Waals surface area (Å²) >= 11 is 0. The lowest BCUT2D eigenvalue weighted by Gasteiger charge is -2.10. The Bertz CT molecular complexity index is 986. The molecule has 3 aromatic rings. The summed E-state index contributed by atoms with van der Waals surface area (Å²) in [7, 11) is -3.80. The van der Waals surface area contributed by atoms with Crippen LogP contribution in [0.25, 0.3) is 10.9 Å². The van der Waals surface area contributed by atoms with E-state index in [-0.39, 0.29) is 18.1 Å². The zero-order chi connectivity index (χ0) is 17.9. The molecule has 0 unspecified atom stereocenters. The minimum Gasteiger partial charge on any atom is -0.490 e. The molecule has 0 spiro atoms. The molecule has 2 N–H and O–H groups in total. The average molecular weight is 358 g/mol. The zero-order valence-electron chi connectivity index (χ0n) is 13.7. The molecule has 0 saturated carbocycles. The Hall–Kier alpha value is -2.64. The normalized spacial score (nSPS) is 11.6. The van der Waals surface area contributed by atoms with Crippen molar-refractivity contribution in [3.63, 3.8) is 0 Å². The second kappa shape index (κ2) is 7.08. The van der Waals surface area contributed by atoms with Crippen LogP contribution >= 0.6 is 0 Å². The van der Waals surface area contributed by atoms with Crippen LogP contribution in [-0.2, 0) is 14.3 Å². The van der Waals surface area contributed by atoms with Gasteiger partial charge in [0.2, 0.25) is 0 Å². The molecule has 0 fully saturated rings. The van der Waals surface area contributed by atoms with Gasteiger partial charge in [-0.2, -0.15) is 8.42 Å². The third-order valence-corrected chi connectivity index (χ3v) is 4.91. The van der Waals surface area contributed by atoms with Crippen molar-refractivity contribution >= 4 is 26.8 Å². The fraction of sp³-hybridized carbons (Fsp3) is 0.167. The zero-order valence-corrected chi connectivity index (χ0v) is 14.5. The number of hydrogen-bond acceptors (Lipinski definition) is 6. The third kappa shape index (κ3) is 4.07. The molecule has 3 rings (SSSR count). The molecule has 0 amide bonds. The summed E-state index contributed by atoms with van der Waals surface area (Å²) in [6.07, 6.45) is 0. The molecule has 0 aliphatic carbocycles. The number of nitrogens with zero attached hydrogens (tertiary/aromatic N) is 1. The van der Waals surface area contributed by atoms with Gasteiger partial charge in [-0.3, -0.25) is 4.18 Å². The Morgan fingerprint density at radius 2 is 1.76 bits per heavy atom. The van der Waals surface area contributed by atoms with Crippen LogP contribution in [0.1, 0.15) is 5.56 Å². The largest absolute Gasteiger partial charge is 0.490 e. The van der Waals surface area contributed by atoms with Crippen molar-refractivity contribution in [3.8, 4) is 5.75 Å². The van der Waals surface area contributed by atoms with Gasteiger partial charge < -0.3 is 10.5 Å². The maximum atomic E-state index is 12.1. The van der Waals surface area contributed by atoms with Gasteiger partial charge in [0.05, 0.1) is 10.4 Å². The maximum Gasteiger partial charge on any atom is 0.297 e. The van der Waals surface area contributed by atoms with Crippen LogP contribution in [0.2, 0.25) is 0 Å². The van der Waals surface area contributed by atoms with Gasteiger partial charge in [0.15, 0.2) is 0 Å². The highest BCUT2D eigenvalue weighted by Gasteiger charge is 2.15. The van der Waals surface area contributed by atoms with Crippen molar-refractivity contribution in [2.45, 2.75) is 11.8 Å². The Morgan fingerprint density at radius 3 is 2.52 bits per heavy atom. The number of pyridine rings is 1. The van der Waals surface area contributed by atoms with E-state index in [4.69, 9.17) is 14.7 Å². The van der Waals surface area contributed by atoms with Crippen molar-refractivity contribution in [1.29, 1.82) is 0 Å². The highest BCUT2D eigenvalue weighted by molar-refractivity contribution is 7.86. The van der Waals surface area contributed by atoms with E-state index < -0.39 is 10.1 Å². The van der Waals surface area contributed by atoms with Crippen molar-refractivity contribution in [2.75, 3.05) is 18.9 Å². The quantitative estimate of drug-likeness (QED) is 0.538. The van der Waals surface area contributed by atoms with E-state index in [0.29, 0.717) is 17.1 Å². The number of nitrogen functional groups attached to an aromatic ring is 1. The smallest absolute Gasteiger partial charge is 0.297 e. The molecule has 1 aromatic heterocycles. The minimum absolute atomic E-state index is 0.0680. The molecule has 0 bridgehead atoms. The molecule has 0 aliphatic heterocycles. The van der Waals surface area contributed by atoms with Crippen LogP contribution in [0, 0.1) is 6.92 Å². The lowest BCUT2D eigenvalue weighted by Crippen LogP contribution is -2.13. The SMILES string of the molecule is Cc1ccc(S(=O)(=O)OCCOc2cc(N)nc3ccccc23)cc1. The molecule has 0 saturated heterocycles. The van der Waals surface area contributed by atoms with Gasteiger partial charge in [-0.15, -0.1) is 0 Å². The fourth-order valence-corrected chi connectivity index (χ4v) is 3.24. The Balaban J connectivity index is 1.65. The number of hydrogen-bond donors (Lipinski definition) is 1. The molecule has 6 nitrogen and oxygen atoms in total. The first-order valence-corrected chi connectivity index (χ1v) is 9.11. The number of anilines is 1. The minimum atomic E-state index is -3.80. The second-order valence-electron chi connectivity index (χ2n) is 5.50. The van der Waals surface area contributed by atoms with E-state index in [1.807, 2.05) is 31.2 Å². The summed E-state index contributed by atoms with van der Waals surface area (Å²) in [6.45, 7) is 1.85. The van der Waals surface area contributed by atoms with Crippen LogP contribution in [0.4, 0.5) is 5.82 Å². The van der Waals surface area contributed by atoms with Crippen LogP contribution in [0.3, 0.4) is 0 Å². The molecular formula is C18H18N2O4S. The van der Waals surface area contributed by atoms with Gasteiger partial charge in [0.1, 0.15) is 24.8 Å². The van der Waals surface area contributed by atoms with E-state index in [1.54, 1.807) is 18.2 Å². The number of ether oxygens (including phenoxy) is 1. The van der Waals surface area contributed by atoms with E-state index in [0.717, 1.165) is 10.9 Å². The van der Waals surface area contributed by atoms with Crippen LogP contribution in [0.15, 0.2) is 59.5 Å². The fourth-order valence-electron chi connectivity index (χ4n) is 2.35. The van der Waals surface area contributed by atoms with Crippen LogP contribution in [-0.4, -0.2) is 26.6 Å². The average Bonchev–Trinajstić information content (AvgIpc) is 2.59.